The highest BCUT2D eigenvalue weighted by Gasteiger charge is 2.29. The Bertz CT molecular complexity index is 826. The van der Waals surface area contributed by atoms with Crippen LogP contribution in [0.1, 0.15) is 29.3 Å². The Morgan fingerprint density at radius 1 is 1.12 bits per heavy atom. The van der Waals surface area contributed by atoms with Crippen molar-refractivity contribution in [2.24, 2.45) is 0 Å². The van der Waals surface area contributed by atoms with E-state index < -0.39 is 11.6 Å². The Hall–Kier alpha value is -2.40. The van der Waals surface area contributed by atoms with Crippen LogP contribution < -0.4 is 0 Å². The van der Waals surface area contributed by atoms with E-state index in [4.69, 9.17) is 4.42 Å². The van der Waals surface area contributed by atoms with E-state index in [0.29, 0.717) is 12.1 Å². The Morgan fingerprint density at radius 2 is 2.04 bits per heavy atom. The lowest BCUT2D eigenvalue weighted by Gasteiger charge is -2.30. The molecule has 0 radical (unpaired) electrons. The monoisotopic (exact) mass is 328 g/mol. The first-order valence-electron chi connectivity index (χ1n) is 8.07. The molecule has 1 aliphatic rings. The van der Waals surface area contributed by atoms with Gasteiger partial charge in [0.15, 0.2) is 0 Å². The van der Waals surface area contributed by atoms with Gasteiger partial charge in [0.05, 0.1) is 18.6 Å². The number of nitrogens with zero attached hydrogens (tertiary/aromatic N) is 2. The summed E-state index contributed by atoms with van der Waals surface area (Å²) in [5, 5.41) is 0. The number of rotatable bonds is 3. The number of aromatic nitrogens is 1. The van der Waals surface area contributed by atoms with Crippen LogP contribution in [0.3, 0.4) is 0 Å². The van der Waals surface area contributed by atoms with Crippen molar-refractivity contribution >= 4 is 0 Å². The van der Waals surface area contributed by atoms with Gasteiger partial charge in [-0.3, -0.25) is 4.90 Å². The van der Waals surface area contributed by atoms with E-state index in [1.807, 2.05) is 24.4 Å². The van der Waals surface area contributed by atoms with E-state index in [9.17, 15) is 8.78 Å². The summed E-state index contributed by atoms with van der Waals surface area (Å²) in [7, 11) is 0. The molecule has 0 amide bonds. The number of benzene rings is 1. The zero-order valence-electron chi connectivity index (χ0n) is 13.2. The summed E-state index contributed by atoms with van der Waals surface area (Å²) < 4.78 is 35.2. The largest absolute Gasteiger partial charge is 0.472 e. The molecule has 1 atom stereocenters. The van der Waals surface area contributed by atoms with Crippen LogP contribution in [0.2, 0.25) is 0 Å². The number of fused-ring (bicyclic) bond motifs is 1. The van der Waals surface area contributed by atoms with Crippen LogP contribution in [-0.2, 0) is 13.1 Å². The van der Waals surface area contributed by atoms with Gasteiger partial charge in [-0.25, -0.2) is 8.78 Å². The van der Waals surface area contributed by atoms with Crippen molar-refractivity contribution in [1.29, 1.82) is 0 Å². The predicted octanol–water partition coefficient (Wildman–Crippen LogP) is 4.35. The van der Waals surface area contributed by atoms with Crippen molar-refractivity contribution in [3.05, 3.63) is 83.6 Å². The maximum Gasteiger partial charge on any atom is 0.131 e. The molecular formula is C19H18F2N2O. The fourth-order valence-corrected chi connectivity index (χ4v) is 3.51. The van der Waals surface area contributed by atoms with Gasteiger partial charge >= 0.3 is 0 Å². The lowest BCUT2D eigenvalue weighted by atomic mass is 10.0. The van der Waals surface area contributed by atoms with Crippen molar-refractivity contribution in [3.63, 3.8) is 0 Å². The summed E-state index contributed by atoms with van der Waals surface area (Å²) in [5.74, 6) is -1.06. The molecule has 3 heterocycles. The maximum absolute atomic E-state index is 14.5. The third kappa shape index (κ3) is 2.76. The summed E-state index contributed by atoms with van der Waals surface area (Å²) in [5.41, 5.74) is 2.57. The van der Waals surface area contributed by atoms with Gasteiger partial charge in [-0.05, 0) is 30.7 Å². The summed E-state index contributed by atoms with van der Waals surface area (Å²) in [6, 6.07) is 9.50. The summed E-state index contributed by atoms with van der Waals surface area (Å²) in [6.07, 6.45) is 6.34. The lowest BCUT2D eigenvalue weighted by Crippen LogP contribution is -2.30. The van der Waals surface area contributed by atoms with Gasteiger partial charge in [0, 0.05) is 48.7 Å². The van der Waals surface area contributed by atoms with Crippen molar-refractivity contribution in [1.82, 2.24) is 9.47 Å². The smallest absolute Gasteiger partial charge is 0.131 e. The third-order valence-corrected chi connectivity index (χ3v) is 4.58. The van der Waals surface area contributed by atoms with E-state index in [1.54, 1.807) is 18.6 Å². The van der Waals surface area contributed by atoms with Crippen LogP contribution in [-0.4, -0.2) is 16.0 Å². The molecule has 124 valence electrons. The van der Waals surface area contributed by atoms with Crippen LogP contribution in [0.5, 0.6) is 0 Å². The molecule has 0 spiro atoms. The number of hydrogen-bond acceptors (Lipinski definition) is 2. The van der Waals surface area contributed by atoms with Crippen LogP contribution in [0.25, 0.3) is 0 Å². The molecule has 0 aliphatic carbocycles. The number of aryl methyl sites for hydroxylation is 1. The van der Waals surface area contributed by atoms with Crippen molar-refractivity contribution in [2.75, 3.05) is 6.54 Å². The van der Waals surface area contributed by atoms with Crippen molar-refractivity contribution in [3.8, 4) is 0 Å². The molecule has 1 unspecified atom stereocenters. The standard InChI is InChI=1S/C19H18F2N2O/c20-15-4-5-16(17(21)11-15)19-18-3-1-7-22(18)8-2-9-23(19)12-14-6-10-24-13-14/h1,3-7,10-11,13,19H,2,8-9,12H2. The molecule has 0 saturated heterocycles. The molecular weight excluding hydrogens is 310 g/mol. The van der Waals surface area contributed by atoms with Gasteiger partial charge in [-0.1, -0.05) is 6.07 Å². The second-order valence-electron chi connectivity index (χ2n) is 6.15. The van der Waals surface area contributed by atoms with Crippen LogP contribution in [0, 0.1) is 11.6 Å². The zero-order chi connectivity index (χ0) is 16.5. The topological polar surface area (TPSA) is 21.3 Å². The first-order valence-corrected chi connectivity index (χ1v) is 8.07. The van der Waals surface area contributed by atoms with E-state index in [2.05, 4.69) is 9.47 Å². The van der Waals surface area contributed by atoms with Gasteiger partial charge in [-0.2, -0.15) is 0 Å². The molecule has 2 aromatic heterocycles. The van der Waals surface area contributed by atoms with Gasteiger partial charge in [0.1, 0.15) is 11.6 Å². The summed E-state index contributed by atoms with van der Waals surface area (Å²) in [4.78, 5) is 2.22. The van der Waals surface area contributed by atoms with Crippen LogP contribution in [0.4, 0.5) is 8.78 Å². The summed E-state index contributed by atoms with van der Waals surface area (Å²) >= 11 is 0. The number of halogens is 2. The zero-order valence-corrected chi connectivity index (χ0v) is 13.2. The minimum Gasteiger partial charge on any atom is -0.472 e. The quantitative estimate of drug-likeness (QED) is 0.712. The molecule has 0 bridgehead atoms. The van der Waals surface area contributed by atoms with E-state index in [0.717, 1.165) is 36.8 Å². The highest BCUT2D eigenvalue weighted by molar-refractivity contribution is 5.31. The molecule has 0 saturated carbocycles. The molecule has 3 aromatic rings. The Balaban J connectivity index is 1.79. The minimum atomic E-state index is -0.554. The molecule has 0 N–H and O–H groups in total. The van der Waals surface area contributed by atoms with Gasteiger partial charge in [-0.15, -0.1) is 0 Å². The SMILES string of the molecule is Fc1ccc(C2c3cccn3CCCN2Cc2ccoc2)c(F)c1. The average molecular weight is 328 g/mol. The number of furan rings is 1. The first-order chi connectivity index (χ1) is 11.7. The average Bonchev–Trinajstić information content (AvgIpc) is 3.19. The summed E-state index contributed by atoms with van der Waals surface area (Å²) in [6.45, 7) is 2.38. The second kappa shape index (κ2) is 6.24. The van der Waals surface area contributed by atoms with Gasteiger partial charge in [0.25, 0.3) is 0 Å². The molecule has 24 heavy (non-hydrogen) atoms. The Morgan fingerprint density at radius 3 is 2.83 bits per heavy atom. The molecule has 0 fully saturated rings. The highest BCUT2D eigenvalue weighted by atomic mass is 19.1. The van der Waals surface area contributed by atoms with E-state index in [-0.39, 0.29) is 6.04 Å². The molecule has 1 aliphatic heterocycles. The van der Waals surface area contributed by atoms with Crippen molar-refractivity contribution < 1.29 is 13.2 Å². The maximum atomic E-state index is 14.5. The Labute approximate surface area is 139 Å². The Kier molecular flexibility index (Phi) is 3.94. The molecule has 3 nitrogen and oxygen atoms in total. The minimum absolute atomic E-state index is 0.252. The van der Waals surface area contributed by atoms with Gasteiger partial charge < -0.3 is 8.98 Å². The van der Waals surface area contributed by atoms with E-state index in [1.165, 1.54) is 6.07 Å². The highest BCUT2D eigenvalue weighted by Crippen LogP contribution is 2.34. The second-order valence-corrected chi connectivity index (χ2v) is 6.15. The van der Waals surface area contributed by atoms with E-state index >= 15 is 0 Å². The number of hydrogen-bond donors (Lipinski definition) is 0. The van der Waals surface area contributed by atoms with Crippen LogP contribution >= 0.6 is 0 Å². The predicted molar refractivity (Wildman–Crippen MR) is 86.4 cm³/mol. The first kappa shape index (κ1) is 15.1. The molecule has 5 heteroatoms. The van der Waals surface area contributed by atoms with Crippen molar-refractivity contribution in [2.45, 2.75) is 25.6 Å². The van der Waals surface area contributed by atoms with Crippen LogP contribution in [0.15, 0.2) is 59.5 Å². The lowest BCUT2D eigenvalue weighted by molar-refractivity contribution is 0.216. The molecule has 4 rings (SSSR count). The van der Waals surface area contributed by atoms with Gasteiger partial charge in [0.2, 0.25) is 0 Å². The third-order valence-electron chi connectivity index (χ3n) is 4.58. The fraction of sp³-hybridized carbons (Fsp3) is 0.263. The normalized spacial score (nSPS) is 18.3. The molecule has 1 aromatic carbocycles. The fourth-order valence-electron chi connectivity index (χ4n) is 3.51.